The number of carboxylic acids is 1. The lowest BCUT2D eigenvalue weighted by Crippen LogP contribution is -2.65. The summed E-state index contributed by atoms with van der Waals surface area (Å²) < 4.78 is 0. The molecule has 4 saturated carbocycles. The first-order valence-electron chi connectivity index (χ1n) is 12.8. The van der Waals surface area contributed by atoms with Gasteiger partial charge in [-0.3, -0.25) is 4.79 Å². The Labute approximate surface area is 187 Å². The molecule has 5 heteroatoms. The fourth-order valence-corrected chi connectivity index (χ4v) is 9.60. The van der Waals surface area contributed by atoms with E-state index >= 15 is 0 Å². The topological polar surface area (TPSA) is 98.0 Å². The summed E-state index contributed by atoms with van der Waals surface area (Å²) in [6, 6.07) is 0. The Morgan fingerprint density at radius 1 is 1.06 bits per heavy atom. The maximum Gasteiger partial charge on any atom is 0.303 e. The van der Waals surface area contributed by atoms with Crippen LogP contribution in [0.1, 0.15) is 85.5 Å². The molecule has 0 spiro atoms. The van der Waals surface area contributed by atoms with Gasteiger partial charge in [0.2, 0.25) is 0 Å². The van der Waals surface area contributed by atoms with Gasteiger partial charge in [-0.05, 0) is 97.2 Å². The lowest BCUT2D eigenvalue weighted by Gasteiger charge is -2.66. The molecule has 0 bridgehead atoms. The van der Waals surface area contributed by atoms with Gasteiger partial charge in [-0.25, -0.2) is 0 Å². The molecule has 4 aliphatic rings. The van der Waals surface area contributed by atoms with Crippen LogP contribution in [0.15, 0.2) is 0 Å². The number of carbonyl (C=O) groups is 1. The number of fused-ring (bicyclic) bond motifs is 5. The quantitative estimate of drug-likeness (QED) is 0.520. The average Bonchev–Trinajstić information content (AvgIpc) is 3.04. The highest BCUT2D eigenvalue weighted by atomic mass is 16.4. The zero-order valence-corrected chi connectivity index (χ0v) is 19.8. The third-order valence-electron chi connectivity index (χ3n) is 10.9. The highest BCUT2D eigenvalue weighted by Crippen LogP contribution is 2.69. The van der Waals surface area contributed by atoms with Crippen LogP contribution in [0.3, 0.4) is 0 Å². The molecule has 0 amide bonds. The molecule has 0 radical (unpaired) electrons. The lowest BCUT2D eigenvalue weighted by molar-refractivity contribution is -0.235. The van der Waals surface area contributed by atoms with Gasteiger partial charge in [0.1, 0.15) is 0 Å². The first-order valence-corrected chi connectivity index (χ1v) is 12.8. The molecule has 12 atom stereocenters. The second kappa shape index (κ2) is 8.29. The largest absolute Gasteiger partial charge is 0.481 e. The van der Waals surface area contributed by atoms with Crippen LogP contribution in [0, 0.1) is 52.3 Å². The number of hydrogen-bond donors (Lipinski definition) is 4. The zero-order valence-electron chi connectivity index (χ0n) is 19.8. The van der Waals surface area contributed by atoms with Gasteiger partial charge in [0, 0.05) is 6.42 Å². The Hall–Kier alpha value is -0.650. The van der Waals surface area contributed by atoms with E-state index in [-0.39, 0.29) is 47.0 Å². The first kappa shape index (κ1) is 23.5. The molecule has 4 aliphatic carbocycles. The van der Waals surface area contributed by atoms with Crippen molar-refractivity contribution in [3.05, 3.63) is 0 Å². The van der Waals surface area contributed by atoms with Crippen molar-refractivity contribution in [2.24, 2.45) is 52.3 Å². The van der Waals surface area contributed by atoms with E-state index in [9.17, 15) is 20.1 Å². The number of aliphatic hydroxyl groups excluding tert-OH is 3. The van der Waals surface area contributed by atoms with Gasteiger partial charge in [0.05, 0.1) is 18.3 Å². The smallest absolute Gasteiger partial charge is 0.303 e. The predicted molar refractivity (Wildman–Crippen MR) is 119 cm³/mol. The van der Waals surface area contributed by atoms with Crippen molar-refractivity contribution < 1.29 is 25.2 Å². The van der Waals surface area contributed by atoms with Crippen LogP contribution in [-0.4, -0.2) is 44.7 Å². The predicted octanol–water partition coefficient (Wildman–Crippen LogP) is 4.08. The minimum absolute atomic E-state index is 0.0302. The SMILES string of the molecule is CC[C@H]1[C@@H](O)C2C3CC[C@H]([C@H](C)CCC(=O)O)[C@@]3(C)C[C@H](O)C2[C@@]2(C)CC[C@@H](O)C[C@@H]12. The summed E-state index contributed by atoms with van der Waals surface area (Å²) >= 11 is 0. The van der Waals surface area contributed by atoms with E-state index in [0.717, 1.165) is 44.9 Å². The number of aliphatic carboxylic acids is 1. The maximum absolute atomic E-state index is 11.7. The van der Waals surface area contributed by atoms with Gasteiger partial charge < -0.3 is 20.4 Å². The van der Waals surface area contributed by atoms with E-state index in [2.05, 4.69) is 27.7 Å². The third-order valence-corrected chi connectivity index (χ3v) is 10.9. The standard InChI is InChI=1S/C26H44O5/c1-5-16-19-12-15(27)10-11-25(19,3)23-20(28)13-26(4)17(14(2)6-9-21(29)30)7-8-18(26)22(23)24(16)31/h14-20,22-24,27-28,31H,5-13H2,1-4H3,(H,29,30)/t14-,15-,16-,17-,18?,19+,20+,22?,23?,24-,25+,26-/m1/s1. The molecule has 0 heterocycles. The van der Waals surface area contributed by atoms with Crippen molar-refractivity contribution in [3.63, 3.8) is 0 Å². The normalized spacial score (nSPS) is 52.7. The minimum atomic E-state index is -0.734. The molecule has 31 heavy (non-hydrogen) atoms. The van der Waals surface area contributed by atoms with E-state index in [4.69, 9.17) is 5.11 Å². The molecule has 0 aromatic rings. The van der Waals surface area contributed by atoms with Crippen LogP contribution in [0.5, 0.6) is 0 Å². The average molecular weight is 437 g/mol. The van der Waals surface area contributed by atoms with E-state index in [1.54, 1.807) is 0 Å². The van der Waals surface area contributed by atoms with Crippen molar-refractivity contribution >= 4 is 5.97 Å². The molecule has 0 aliphatic heterocycles. The van der Waals surface area contributed by atoms with Crippen LogP contribution in [0.2, 0.25) is 0 Å². The molecule has 178 valence electrons. The summed E-state index contributed by atoms with van der Waals surface area (Å²) in [6.07, 6.45) is 6.04. The Balaban J connectivity index is 1.66. The van der Waals surface area contributed by atoms with Crippen molar-refractivity contribution in [1.82, 2.24) is 0 Å². The lowest BCUT2D eigenvalue weighted by atomic mass is 9.40. The van der Waals surface area contributed by atoms with E-state index < -0.39 is 18.2 Å². The molecule has 5 nitrogen and oxygen atoms in total. The second-order valence-electron chi connectivity index (χ2n) is 12.2. The number of carboxylic acid groups (broad SMARTS) is 1. The molecule has 0 aromatic heterocycles. The highest BCUT2D eigenvalue weighted by Gasteiger charge is 2.67. The van der Waals surface area contributed by atoms with Crippen molar-refractivity contribution in [1.29, 1.82) is 0 Å². The molecule has 4 rings (SSSR count). The van der Waals surface area contributed by atoms with Crippen molar-refractivity contribution in [2.75, 3.05) is 0 Å². The zero-order chi connectivity index (χ0) is 22.7. The summed E-state index contributed by atoms with van der Waals surface area (Å²) in [7, 11) is 0. The summed E-state index contributed by atoms with van der Waals surface area (Å²) in [5.74, 6) is 1.00. The van der Waals surface area contributed by atoms with E-state index in [1.165, 1.54) is 0 Å². The van der Waals surface area contributed by atoms with Gasteiger partial charge in [0.25, 0.3) is 0 Å². The Kier molecular flexibility index (Phi) is 6.28. The van der Waals surface area contributed by atoms with Crippen LogP contribution >= 0.6 is 0 Å². The number of hydrogen-bond acceptors (Lipinski definition) is 4. The van der Waals surface area contributed by atoms with E-state index in [1.807, 2.05) is 0 Å². The molecular weight excluding hydrogens is 392 g/mol. The van der Waals surface area contributed by atoms with Crippen molar-refractivity contribution in [2.45, 2.75) is 104 Å². The first-order chi connectivity index (χ1) is 14.5. The molecule has 3 unspecified atom stereocenters. The third kappa shape index (κ3) is 3.58. The maximum atomic E-state index is 11.7. The van der Waals surface area contributed by atoms with Gasteiger partial charge in [-0.2, -0.15) is 0 Å². The summed E-state index contributed by atoms with van der Waals surface area (Å²) in [6.45, 7) is 9.01. The molecule has 0 saturated heterocycles. The minimum Gasteiger partial charge on any atom is -0.481 e. The van der Waals surface area contributed by atoms with Crippen LogP contribution < -0.4 is 0 Å². The summed E-state index contributed by atoms with van der Waals surface area (Å²) in [5, 5.41) is 42.9. The van der Waals surface area contributed by atoms with Gasteiger partial charge in [-0.1, -0.05) is 34.1 Å². The second-order valence-corrected chi connectivity index (χ2v) is 12.2. The van der Waals surface area contributed by atoms with Gasteiger partial charge in [0.15, 0.2) is 0 Å². The van der Waals surface area contributed by atoms with Crippen molar-refractivity contribution in [3.8, 4) is 0 Å². The Morgan fingerprint density at radius 3 is 2.42 bits per heavy atom. The Morgan fingerprint density at radius 2 is 1.77 bits per heavy atom. The highest BCUT2D eigenvalue weighted by molar-refractivity contribution is 5.66. The van der Waals surface area contributed by atoms with Crippen LogP contribution in [0.4, 0.5) is 0 Å². The van der Waals surface area contributed by atoms with E-state index in [0.29, 0.717) is 24.2 Å². The monoisotopic (exact) mass is 436 g/mol. The summed E-state index contributed by atoms with van der Waals surface area (Å²) in [4.78, 5) is 11.1. The fraction of sp³-hybridized carbons (Fsp3) is 0.962. The molecular formula is C26H44O5. The van der Waals surface area contributed by atoms with Crippen LogP contribution in [-0.2, 0) is 4.79 Å². The molecule has 4 fully saturated rings. The number of aliphatic hydroxyl groups is 3. The van der Waals surface area contributed by atoms with Gasteiger partial charge >= 0.3 is 5.97 Å². The van der Waals surface area contributed by atoms with Gasteiger partial charge in [-0.15, -0.1) is 0 Å². The Bertz CT molecular complexity index is 681. The molecule has 4 N–H and O–H groups in total. The van der Waals surface area contributed by atoms with Crippen LogP contribution in [0.25, 0.3) is 0 Å². The fourth-order valence-electron chi connectivity index (χ4n) is 9.60. The number of rotatable bonds is 5. The molecule has 0 aromatic carbocycles. The summed E-state index contributed by atoms with van der Waals surface area (Å²) in [5.41, 5.74) is -0.0767.